The highest BCUT2D eigenvalue weighted by Gasteiger charge is 2.44. The zero-order chi connectivity index (χ0) is 24.1. The lowest BCUT2D eigenvalue weighted by Gasteiger charge is -2.40. The first kappa shape index (κ1) is 24.7. The molecular formula is C28H38ClN5. The third-order valence-electron chi connectivity index (χ3n) is 7.69. The van der Waals surface area contributed by atoms with Crippen molar-refractivity contribution in [3.05, 3.63) is 53.1 Å². The fraction of sp³-hybridized carbons (Fsp3) is 0.536. The van der Waals surface area contributed by atoms with E-state index >= 15 is 0 Å². The predicted molar refractivity (Wildman–Crippen MR) is 144 cm³/mol. The van der Waals surface area contributed by atoms with E-state index in [2.05, 4.69) is 63.3 Å². The van der Waals surface area contributed by atoms with Gasteiger partial charge in [-0.1, -0.05) is 25.4 Å². The Hall–Kier alpha value is -2.42. The van der Waals surface area contributed by atoms with Gasteiger partial charge in [0.05, 0.1) is 10.6 Å². The lowest BCUT2D eigenvalue weighted by atomic mass is 9.76. The van der Waals surface area contributed by atoms with Crippen LogP contribution in [0.5, 0.6) is 0 Å². The summed E-state index contributed by atoms with van der Waals surface area (Å²) in [7, 11) is 0. The van der Waals surface area contributed by atoms with Gasteiger partial charge < -0.3 is 20.0 Å². The molecule has 0 aliphatic carbocycles. The SMILES string of the molecule is CC.CC1CC2(CCN(c3ccc(N4CCNCC4)cc3)CC2)CN1c1ccc(C#N)c(Cl)c1. The molecule has 3 aliphatic rings. The normalized spacial score (nSPS) is 21.7. The Labute approximate surface area is 210 Å². The Bertz CT molecular complexity index is 985. The minimum atomic E-state index is 0.372. The monoisotopic (exact) mass is 479 g/mol. The molecular weight excluding hydrogens is 442 g/mol. The van der Waals surface area contributed by atoms with Crippen molar-refractivity contribution in [3.8, 4) is 6.07 Å². The summed E-state index contributed by atoms with van der Waals surface area (Å²) in [5.41, 5.74) is 4.75. The Morgan fingerprint density at radius 2 is 1.47 bits per heavy atom. The van der Waals surface area contributed by atoms with E-state index in [0.717, 1.165) is 51.5 Å². The molecule has 1 spiro atoms. The number of halogens is 1. The van der Waals surface area contributed by atoms with Gasteiger partial charge in [0.25, 0.3) is 0 Å². The molecule has 5 rings (SSSR count). The average molecular weight is 480 g/mol. The molecule has 34 heavy (non-hydrogen) atoms. The number of anilines is 3. The number of hydrogen-bond acceptors (Lipinski definition) is 5. The van der Waals surface area contributed by atoms with Crippen LogP contribution in [0, 0.1) is 16.7 Å². The molecule has 1 atom stereocenters. The fourth-order valence-electron chi connectivity index (χ4n) is 5.84. The topological polar surface area (TPSA) is 45.5 Å². The van der Waals surface area contributed by atoms with Gasteiger partial charge in [-0.2, -0.15) is 5.26 Å². The van der Waals surface area contributed by atoms with Gasteiger partial charge in [0.2, 0.25) is 0 Å². The van der Waals surface area contributed by atoms with Gasteiger partial charge in [0.1, 0.15) is 6.07 Å². The largest absolute Gasteiger partial charge is 0.371 e. The van der Waals surface area contributed by atoms with Crippen LogP contribution in [0.2, 0.25) is 5.02 Å². The van der Waals surface area contributed by atoms with Crippen LogP contribution in [-0.4, -0.2) is 51.9 Å². The zero-order valence-electron chi connectivity index (χ0n) is 20.9. The first-order valence-corrected chi connectivity index (χ1v) is 13.2. The minimum Gasteiger partial charge on any atom is -0.371 e. The maximum Gasteiger partial charge on any atom is 0.101 e. The maximum atomic E-state index is 9.17. The van der Waals surface area contributed by atoms with Gasteiger partial charge in [-0.3, -0.25) is 0 Å². The molecule has 0 saturated carbocycles. The van der Waals surface area contributed by atoms with E-state index in [1.165, 1.54) is 30.6 Å². The van der Waals surface area contributed by atoms with Crippen molar-refractivity contribution in [2.24, 2.45) is 5.41 Å². The number of nitriles is 1. The van der Waals surface area contributed by atoms with Crippen LogP contribution in [0.15, 0.2) is 42.5 Å². The number of rotatable bonds is 3. The molecule has 0 amide bonds. The van der Waals surface area contributed by atoms with Gasteiger partial charge in [-0.05, 0) is 74.1 Å². The Balaban J connectivity index is 0.00000133. The fourth-order valence-corrected chi connectivity index (χ4v) is 6.05. The standard InChI is InChI=1S/C26H32ClN5.C2H6/c1-20-17-26(19-32(20)24-3-2-21(18-28)25(27)16-24)8-12-30(13-9-26)22-4-6-23(7-5-22)31-14-10-29-11-15-31;1-2/h2-7,16,20,29H,8-15,17,19H2,1H3;1-2H3. The molecule has 3 fully saturated rings. The smallest absolute Gasteiger partial charge is 0.101 e. The van der Waals surface area contributed by atoms with Gasteiger partial charge in [0, 0.05) is 68.9 Å². The van der Waals surface area contributed by atoms with Gasteiger partial charge >= 0.3 is 0 Å². The summed E-state index contributed by atoms with van der Waals surface area (Å²) in [6.07, 6.45) is 3.66. The summed E-state index contributed by atoms with van der Waals surface area (Å²) >= 11 is 6.32. The van der Waals surface area contributed by atoms with Crippen molar-refractivity contribution in [2.45, 2.75) is 46.1 Å². The minimum absolute atomic E-state index is 0.372. The molecule has 2 aromatic rings. The average Bonchev–Trinajstić information content (AvgIpc) is 3.21. The molecule has 3 saturated heterocycles. The van der Waals surface area contributed by atoms with Gasteiger partial charge in [-0.25, -0.2) is 0 Å². The van der Waals surface area contributed by atoms with E-state index in [9.17, 15) is 0 Å². The number of nitrogens with zero attached hydrogens (tertiary/aromatic N) is 4. The molecule has 0 bridgehead atoms. The van der Waals surface area contributed by atoms with Crippen LogP contribution in [0.3, 0.4) is 0 Å². The highest BCUT2D eigenvalue weighted by atomic mass is 35.5. The van der Waals surface area contributed by atoms with Crippen molar-refractivity contribution in [1.29, 1.82) is 5.26 Å². The summed E-state index contributed by atoms with van der Waals surface area (Å²) in [6, 6.07) is 17.7. The van der Waals surface area contributed by atoms with Crippen LogP contribution >= 0.6 is 11.6 Å². The van der Waals surface area contributed by atoms with E-state index in [4.69, 9.17) is 16.9 Å². The zero-order valence-corrected chi connectivity index (χ0v) is 21.6. The maximum absolute atomic E-state index is 9.17. The first-order chi connectivity index (χ1) is 16.6. The molecule has 6 heteroatoms. The highest BCUT2D eigenvalue weighted by Crippen LogP contribution is 2.46. The second-order valence-electron chi connectivity index (χ2n) is 9.70. The third kappa shape index (κ3) is 5.14. The van der Waals surface area contributed by atoms with E-state index in [1.807, 2.05) is 26.0 Å². The lowest BCUT2D eigenvalue weighted by molar-refractivity contribution is 0.245. The quantitative estimate of drug-likeness (QED) is 0.626. The molecule has 3 heterocycles. The number of piperidine rings is 1. The van der Waals surface area contributed by atoms with Crippen molar-refractivity contribution < 1.29 is 0 Å². The second-order valence-corrected chi connectivity index (χ2v) is 10.1. The summed E-state index contributed by atoms with van der Waals surface area (Å²) in [6.45, 7) is 13.9. The van der Waals surface area contributed by atoms with E-state index in [-0.39, 0.29) is 0 Å². The third-order valence-corrected chi connectivity index (χ3v) is 8.00. The van der Waals surface area contributed by atoms with Gasteiger partial charge in [0.15, 0.2) is 0 Å². The molecule has 0 aromatic heterocycles. The van der Waals surface area contributed by atoms with Crippen molar-refractivity contribution >= 4 is 28.7 Å². The van der Waals surface area contributed by atoms with Crippen LogP contribution in [0.4, 0.5) is 17.1 Å². The molecule has 2 aromatic carbocycles. The first-order valence-electron chi connectivity index (χ1n) is 12.8. The Morgan fingerprint density at radius 1 is 0.912 bits per heavy atom. The van der Waals surface area contributed by atoms with E-state index in [0.29, 0.717) is 22.0 Å². The summed E-state index contributed by atoms with van der Waals surface area (Å²) in [5, 5.41) is 13.1. The molecule has 1 N–H and O–H groups in total. The van der Waals surface area contributed by atoms with Crippen molar-refractivity contribution in [2.75, 3.05) is 60.5 Å². The number of benzene rings is 2. The molecule has 1 unspecified atom stereocenters. The van der Waals surface area contributed by atoms with Crippen molar-refractivity contribution in [1.82, 2.24) is 5.32 Å². The number of piperazine rings is 1. The highest BCUT2D eigenvalue weighted by molar-refractivity contribution is 6.32. The van der Waals surface area contributed by atoms with Crippen LogP contribution in [0.25, 0.3) is 0 Å². The van der Waals surface area contributed by atoms with Gasteiger partial charge in [-0.15, -0.1) is 0 Å². The van der Waals surface area contributed by atoms with E-state index in [1.54, 1.807) is 0 Å². The molecule has 5 nitrogen and oxygen atoms in total. The Morgan fingerprint density at radius 3 is 2.03 bits per heavy atom. The summed E-state index contributed by atoms with van der Waals surface area (Å²) < 4.78 is 0. The predicted octanol–water partition coefficient (Wildman–Crippen LogP) is 5.53. The van der Waals surface area contributed by atoms with E-state index < -0.39 is 0 Å². The lowest BCUT2D eigenvalue weighted by Crippen LogP contribution is -2.43. The summed E-state index contributed by atoms with van der Waals surface area (Å²) in [4.78, 5) is 7.51. The molecule has 182 valence electrons. The summed E-state index contributed by atoms with van der Waals surface area (Å²) in [5.74, 6) is 0. The van der Waals surface area contributed by atoms with Crippen LogP contribution in [0.1, 0.15) is 45.6 Å². The molecule has 0 radical (unpaired) electrons. The Kier molecular flexibility index (Phi) is 7.91. The second kappa shape index (κ2) is 10.9. The van der Waals surface area contributed by atoms with Crippen LogP contribution in [-0.2, 0) is 0 Å². The number of nitrogens with one attached hydrogen (secondary N) is 1. The van der Waals surface area contributed by atoms with Crippen LogP contribution < -0.4 is 20.0 Å². The van der Waals surface area contributed by atoms with Crippen molar-refractivity contribution in [3.63, 3.8) is 0 Å². The number of hydrogen-bond donors (Lipinski definition) is 1. The molecule has 3 aliphatic heterocycles.